The minimum atomic E-state index is -5.08. The van der Waals surface area contributed by atoms with Crippen LogP contribution in [0.2, 0.25) is 0 Å². The van der Waals surface area contributed by atoms with Gasteiger partial charge in [-0.2, -0.15) is 23.5 Å². The SMILES string of the molecule is Cc1ncn(-c2ccc(Nc3nccc(-c4cc(C#N)cc(Nc5ccccc5)c4)n3)cc2)n1.O=C(O)C(F)(F)F. The van der Waals surface area contributed by atoms with E-state index >= 15 is 0 Å². The van der Waals surface area contributed by atoms with Gasteiger partial charge in [0.1, 0.15) is 12.2 Å². The van der Waals surface area contributed by atoms with E-state index in [9.17, 15) is 18.4 Å². The molecular formula is C28H21F3N8O2. The molecule has 0 spiro atoms. The second-order valence-corrected chi connectivity index (χ2v) is 8.38. The number of aromatic nitrogens is 5. The number of hydrogen-bond donors (Lipinski definition) is 3. The molecule has 3 N–H and O–H groups in total. The summed E-state index contributed by atoms with van der Waals surface area (Å²) in [6.07, 6.45) is -1.71. The number of benzene rings is 3. The van der Waals surface area contributed by atoms with Crippen molar-refractivity contribution < 1.29 is 23.1 Å². The van der Waals surface area contributed by atoms with Gasteiger partial charge in [0.15, 0.2) is 0 Å². The van der Waals surface area contributed by atoms with E-state index in [1.807, 2.05) is 85.8 Å². The molecule has 206 valence electrons. The predicted molar refractivity (Wildman–Crippen MR) is 145 cm³/mol. The maximum Gasteiger partial charge on any atom is 0.490 e. The Morgan fingerprint density at radius 1 is 0.927 bits per heavy atom. The van der Waals surface area contributed by atoms with Crippen LogP contribution in [0.5, 0.6) is 0 Å². The van der Waals surface area contributed by atoms with Crippen molar-refractivity contribution in [3.05, 3.63) is 103 Å². The van der Waals surface area contributed by atoms with E-state index in [1.54, 1.807) is 17.2 Å². The summed E-state index contributed by atoms with van der Waals surface area (Å²) in [5.74, 6) is -1.58. The van der Waals surface area contributed by atoms with E-state index in [0.717, 1.165) is 34.1 Å². The highest BCUT2D eigenvalue weighted by Gasteiger charge is 2.38. The van der Waals surface area contributed by atoms with Crippen LogP contribution < -0.4 is 10.6 Å². The summed E-state index contributed by atoms with van der Waals surface area (Å²) in [4.78, 5) is 22.1. The van der Waals surface area contributed by atoms with Crippen molar-refractivity contribution in [2.75, 3.05) is 10.6 Å². The van der Waals surface area contributed by atoms with Crippen molar-refractivity contribution in [1.29, 1.82) is 5.26 Å². The molecule has 0 atom stereocenters. The second-order valence-electron chi connectivity index (χ2n) is 8.38. The molecule has 5 aromatic rings. The van der Waals surface area contributed by atoms with Gasteiger partial charge in [-0.1, -0.05) is 18.2 Å². The standard InChI is InChI=1S/C26H20N8.C2HF3O2/c1-18-29-17-34(33-18)24-9-7-22(8-10-24)31-26-28-12-11-25(32-26)20-13-19(16-27)14-23(15-20)30-21-5-3-2-4-6-21;3-2(4,5)1(6)7/h2-15,17,30H,1H3,(H,28,31,32);(H,6,7). The highest BCUT2D eigenvalue weighted by atomic mass is 19.4. The van der Waals surface area contributed by atoms with Gasteiger partial charge in [-0.25, -0.2) is 24.4 Å². The van der Waals surface area contributed by atoms with Gasteiger partial charge in [0.2, 0.25) is 5.95 Å². The number of rotatable bonds is 6. The first-order valence-corrected chi connectivity index (χ1v) is 11.9. The molecule has 0 amide bonds. The van der Waals surface area contributed by atoms with Crippen LogP contribution in [0.25, 0.3) is 16.9 Å². The van der Waals surface area contributed by atoms with E-state index in [4.69, 9.17) is 9.90 Å². The fraction of sp³-hybridized carbons (Fsp3) is 0.0714. The van der Waals surface area contributed by atoms with Crippen LogP contribution in [0.1, 0.15) is 11.4 Å². The molecule has 3 aromatic carbocycles. The summed E-state index contributed by atoms with van der Waals surface area (Å²) in [6, 6.07) is 27.2. The zero-order chi connectivity index (χ0) is 29.4. The third-order valence-corrected chi connectivity index (χ3v) is 5.31. The third kappa shape index (κ3) is 7.87. The van der Waals surface area contributed by atoms with E-state index in [2.05, 4.69) is 36.8 Å². The van der Waals surface area contributed by atoms with Crippen LogP contribution in [0.15, 0.2) is 91.4 Å². The molecule has 0 fully saturated rings. The van der Waals surface area contributed by atoms with Crippen LogP contribution in [-0.2, 0) is 4.79 Å². The summed E-state index contributed by atoms with van der Waals surface area (Å²) in [6.45, 7) is 1.85. The van der Waals surface area contributed by atoms with Crippen molar-refractivity contribution >= 4 is 29.0 Å². The van der Waals surface area contributed by atoms with Crippen LogP contribution in [0.4, 0.5) is 36.2 Å². The van der Waals surface area contributed by atoms with Gasteiger partial charge in [0.05, 0.1) is 23.0 Å². The monoisotopic (exact) mass is 558 g/mol. The molecule has 13 heteroatoms. The van der Waals surface area contributed by atoms with Crippen LogP contribution in [0.3, 0.4) is 0 Å². The highest BCUT2D eigenvalue weighted by molar-refractivity contribution is 5.73. The summed E-state index contributed by atoms with van der Waals surface area (Å²) >= 11 is 0. The number of carboxylic acid groups (broad SMARTS) is 1. The van der Waals surface area contributed by atoms with Crippen molar-refractivity contribution in [1.82, 2.24) is 24.7 Å². The second kappa shape index (κ2) is 12.4. The first-order chi connectivity index (χ1) is 19.6. The molecule has 0 saturated heterocycles. The molecule has 0 saturated carbocycles. The number of nitriles is 1. The Morgan fingerprint density at radius 3 is 2.22 bits per heavy atom. The number of para-hydroxylation sites is 1. The van der Waals surface area contributed by atoms with Crippen molar-refractivity contribution in [3.63, 3.8) is 0 Å². The molecule has 2 aromatic heterocycles. The van der Waals surface area contributed by atoms with Crippen LogP contribution >= 0.6 is 0 Å². The lowest BCUT2D eigenvalue weighted by atomic mass is 10.1. The molecule has 41 heavy (non-hydrogen) atoms. The van der Waals surface area contributed by atoms with Crippen molar-refractivity contribution in [2.24, 2.45) is 0 Å². The number of carboxylic acids is 1. The molecule has 0 radical (unpaired) electrons. The minimum absolute atomic E-state index is 0.460. The van der Waals surface area contributed by atoms with E-state index in [-0.39, 0.29) is 0 Å². The maximum absolute atomic E-state index is 10.6. The zero-order valence-electron chi connectivity index (χ0n) is 21.3. The Morgan fingerprint density at radius 2 is 1.61 bits per heavy atom. The van der Waals surface area contributed by atoms with Gasteiger partial charge in [0.25, 0.3) is 0 Å². The van der Waals surface area contributed by atoms with Gasteiger partial charge < -0.3 is 15.7 Å². The van der Waals surface area contributed by atoms with Crippen molar-refractivity contribution in [3.8, 4) is 23.0 Å². The molecule has 5 rings (SSSR count). The Labute approximate surface area is 231 Å². The van der Waals surface area contributed by atoms with Gasteiger partial charge in [0, 0.05) is 28.8 Å². The molecule has 0 unspecified atom stereocenters. The number of hydrogen-bond acceptors (Lipinski definition) is 8. The number of carbonyl (C=O) groups is 1. The average molecular weight is 559 g/mol. The Hall–Kier alpha value is -5.77. The fourth-order valence-corrected chi connectivity index (χ4v) is 3.48. The zero-order valence-corrected chi connectivity index (χ0v) is 21.3. The number of alkyl halides is 3. The van der Waals surface area contributed by atoms with E-state index in [1.165, 1.54) is 0 Å². The normalized spacial score (nSPS) is 10.6. The molecule has 10 nitrogen and oxygen atoms in total. The fourth-order valence-electron chi connectivity index (χ4n) is 3.48. The lowest BCUT2D eigenvalue weighted by molar-refractivity contribution is -0.192. The molecule has 0 aliphatic carbocycles. The number of nitrogens with one attached hydrogen (secondary N) is 2. The maximum atomic E-state index is 10.6. The van der Waals surface area contributed by atoms with Crippen LogP contribution in [-0.4, -0.2) is 42.0 Å². The summed E-state index contributed by atoms with van der Waals surface area (Å²) in [7, 11) is 0. The Balaban J connectivity index is 0.000000493. The van der Waals surface area contributed by atoms with Crippen molar-refractivity contribution in [2.45, 2.75) is 13.1 Å². The van der Waals surface area contributed by atoms with E-state index in [0.29, 0.717) is 17.2 Å². The molecular weight excluding hydrogens is 537 g/mol. The smallest absolute Gasteiger partial charge is 0.475 e. The number of nitrogens with zero attached hydrogens (tertiary/aromatic N) is 6. The summed E-state index contributed by atoms with van der Waals surface area (Å²) in [5.41, 5.74) is 5.58. The highest BCUT2D eigenvalue weighted by Crippen LogP contribution is 2.27. The largest absolute Gasteiger partial charge is 0.490 e. The van der Waals surface area contributed by atoms with Crippen LogP contribution in [0, 0.1) is 18.3 Å². The van der Waals surface area contributed by atoms with Gasteiger partial charge in [-0.05, 0) is 67.6 Å². The number of halogens is 3. The average Bonchev–Trinajstić information content (AvgIpc) is 3.40. The first kappa shape index (κ1) is 28.2. The third-order valence-electron chi connectivity index (χ3n) is 5.31. The summed E-state index contributed by atoms with van der Waals surface area (Å²) < 4.78 is 33.5. The minimum Gasteiger partial charge on any atom is -0.475 e. The molecule has 2 heterocycles. The lowest BCUT2D eigenvalue weighted by Gasteiger charge is -2.11. The number of anilines is 4. The van der Waals surface area contributed by atoms with Gasteiger partial charge in [-0.15, -0.1) is 0 Å². The molecule has 0 bridgehead atoms. The first-order valence-electron chi connectivity index (χ1n) is 11.9. The quantitative estimate of drug-likeness (QED) is 0.228. The summed E-state index contributed by atoms with van der Waals surface area (Å²) in [5, 5.41) is 27.5. The Bertz CT molecular complexity index is 1680. The van der Waals surface area contributed by atoms with Gasteiger partial charge >= 0.3 is 12.1 Å². The van der Waals surface area contributed by atoms with E-state index < -0.39 is 12.1 Å². The Kier molecular flexibility index (Phi) is 8.54. The molecule has 0 aliphatic heterocycles. The van der Waals surface area contributed by atoms with Gasteiger partial charge in [-0.3, -0.25) is 0 Å². The number of aryl methyl sites for hydroxylation is 1. The predicted octanol–water partition coefficient (Wildman–Crippen LogP) is 6.02. The lowest BCUT2D eigenvalue weighted by Crippen LogP contribution is -2.21. The molecule has 0 aliphatic rings. The topological polar surface area (TPSA) is 142 Å². The number of aliphatic carboxylic acids is 1.